The molecule has 0 aliphatic heterocycles. The van der Waals surface area contributed by atoms with Crippen LogP contribution in [-0.4, -0.2) is 22.4 Å². The Morgan fingerprint density at radius 3 is 2.54 bits per heavy atom. The molecule has 1 amide bonds. The number of pyridine rings is 1. The van der Waals surface area contributed by atoms with Crippen molar-refractivity contribution in [3.05, 3.63) is 123 Å². The number of ketones is 1. The van der Waals surface area contributed by atoms with Crippen LogP contribution in [0.25, 0.3) is 22.1 Å². The number of halogens is 1. The molecule has 0 aliphatic rings. The van der Waals surface area contributed by atoms with Crippen LogP contribution in [0.3, 0.4) is 0 Å². The Hall–Kier alpha value is -5.07. The van der Waals surface area contributed by atoms with Crippen molar-refractivity contribution in [3.8, 4) is 17.2 Å². The second-order valence-corrected chi connectivity index (χ2v) is 10.2. The summed E-state index contributed by atoms with van der Waals surface area (Å²) in [7, 11) is 0. The van der Waals surface area contributed by atoms with Crippen molar-refractivity contribution in [2.45, 2.75) is 18.9 Å². The highest BCUT2D eigenvalue weighted by atomic mass is 32.2. The number of fused-ring (bicyclic) bond motifs is 1. The van der Waals surface area contributed by atoms with E-state index in [4.69, 9.17) is 4.42 Å². The zero-order chi connectivity index (χ0) is 29.1. The van der Waals surface area contributed by atoms with Gasteiger partial charge in [0.25, 0.3) is 5.91 Å². The minimum absolute atomic E-state index is 0.0134. The first-order chi connectivity index (χ1) is 19.8. The van der Waals surface area contributed by atoms with Gasteiger partial charge in [-0.15, -0.1) is 0 Å². The molecule has 202 valence electrons. The van der Waals surface area contributed by atoms with Gasteiger partial charge in [0.2, 0.25) is 0 Å². The molecule has 0 radical (unpaired) electrons. The predicted octanol–water partition coefficient (Wildman–Crippen LogP) is 6.71. The topological polar surface area (TPSA) is 113 Å². The van der Waals surface area contributed by atoms with Crippen molar-refractivity contribution < 1.29 is 18.4 Å². The third-order valence-corrected chi connectivity index (χ3v) is 7.45. The van der Waals surface area contributed by atoms with Gasteiger partial charge in [-0.25, -0.2) is 14.2 Å². The summed E-state index contributed by atoms with van der Waals surface area (Å²) in [5.74, 6) is -1.78. The van der Waals surface area contributed by atoms with E-state index in [1.807, 2.05) is 19.1 Å². The number of nitriles is 1. The van der Waals surface area contributed by atoms with Gasteiger partial charge in [0.05, 0.1) is 22.6 Å². The van der Waals surface area contributed by atoms with Crippen LogP contribution in [0.2, 0.25) is 0 Å². The van der Waals surface area contributed by atoms with Gasteiger partial charge in [0.15, 0.2) is 5.78 Å². The number of amides is 1. The molecule has 0 fully saturated rings. The first-order valence-corrected chi connectivity index (χ1v) is 13.5. The largest absolute Gasteiger partial charge is 0.422 e. The summed E-state index contributed by atoms with van der Waals surface area (Å²) in [5, 5.41) is 13.9. The van der Waals surface area contributed by atoms with E-state index in [2.05, 4.69) is 16.4 Å². The molecule has 0 spiro atoms. The van der Waals surface area contributed by atoms with Crippen molar-refractivity contribution in [1.82, 2.24) is 4.98 Å². The van der Waals surface area contributed by atoms with Gasteiger partial charge in [-0.3, -0.25) is 9.59 Å². The van der Waals surface area contributed by atoms with E-state index in [9.17, 15) is 24.0 Å². The average molecular weight is 564 g/mol. The van der Waals surface area contributed by atoms with E-state index in [-0.39, 0.29) is 38.7 Å². The monoisotopic (exact) mass is 563 g/mol. The molecule has 2 aromatic heterocycles. The van der Waals surface area contributed by atoms with Crippen molar-refractivity contribution in [3.63, 3.8) is 0 Å². The second kappa shape index (κ2) is 11.6. The van der Waals surface area contributed by atoms with Crippen molar-refractivity contribution in [2.24, 2.45) is 0 Å². The minimum Gasteiger partial charge on any atom is -0.422 e. The Labute approximate surface area is 238 Å². The molecule has 0 aliphatic carbocycles. The van der Waals surface area contributed by atoms with Crippen LogP contribution >= 0.6 is 11.8 Å². The number of carbonyl (C=O) groups is 2. The van der Waals surface area contributed by atoms with Gasteiger partial charge in [-0.1, -0.05) is 60.3 Å². The summed E-state index contributed by atoms with van der Waals surface area (Å²) in [6.07, 6.45) is 0. The fourth-order valence-electron chi connectivity index (χ4n) is 4.46. The predicted molar refractivity (Wildman–Crippen MR) is 156 cm³/mol. The zero-order valence-corrected chi connectivity index (χ0v) is 22.8. The Morgan fingerprint density at radius 2 is 1.78 bits per heavy atom. The molecule has 9 heteroatoms. The maximum atomic E-state index is 14.3. The number of aryl methyl sites for hydroxylation is 2. The fourth-order valence-corrected chi connectivity index (χ4v) is 5.38. The van der Waals surface area contributed by atoms with E-state index in [1.165, 1.54) is 24.3 Å². The van der Waals surface area contributed by atoms with Crippen molar-refractivity contribution in [2.75, 3.05) is 11.1 Å². The lowest BCUT2D eigenvalue weighted by Crippen LogP contribution is -2.18. The van der Waals surface area contributed by atoms with Crippen LogP contribution in [0, 0.1) is 31.0 Å². The standard InChI is InChI=1S/C32H22FN3O4S/c1-18-8-3-5-12-25(18)36-30(38)28-19(2)35-31(24(16-34)29(28)21-10-7-11-22(33)14-21)41-17-26(37)23-15-20-9-4-6-13-27(20)40-32(23)39/h3-15H,17H2,1-2H3,(H,36,38). The number of carbonyl (C=O) groups excluding carboxylic acids is 2. The summed E-state index contributed by atoms with van der Waals surface area (Å²) in [5.41, 5.74) is 1.83. The number of rotatable bonds is 7. The lowest BCUT2D eigenvalue weighted by atomic mass is 9.94. The van der Waals surface area contributed by atoms with Gasteiger partial charge in [-0.2, -0.15) is 5.26 Å². The lowest BCUT2D eigenvalue weighted by Gasteiger charge is -2.17. The molecule has 5 aromatic rings. The third-order valence-electron chi connectivity index (χ3n) is 6.47. The first kappa shape index (κ1) is 27.5. The summed E-state index contributed by atoms with van der Waals surface area (Å²) < 4.78 is 19.6. The highest BCUT2D eigenvalue weighted by Crippen LogP contribution is 2.36. The molecule has 41 heavy (non-hydrogen) atoms. The first-order valence-electron chi connectivity index (χ1n) is 12.5. The summed E-state index contributed by atoms with van der Waals surface area (Å²) >= 11 is 0.954. The van der Waals surface area contributed by atoms with Gasteiger partial charge >= 0.3 is 5.63 Å². The minimum atomic E-state index is -0.761. The number of hydrogen-bond donors (Lipinski definition) is 1. The molecule has 7 nitrogen and oxygen atoms in total. The number of aromatic nitrogens is 1. The zero-order valence-electron chi connectivity index (χ0n) is 22.0. The van der Waals surface area contributed by atoms with E-state index < -0.39 is 23.1 Å². The van der Waals surface area contributed by atoms with E-state index >= 15 is 0 Å². The van der Waals surface area contributed by atoms with Crippen LogP contribution in [0.15, 0.2) is 93.1 Å². The molecule has 0 unspecified atom stereocenters. The highest BCUT2D eigenvalue weighted by Gasteiger charge is 2.26. The van der Waals surface area contributed by atoms with Crippen LogP contribution in [0.4, 0.5) is 10.1 Å². The highest BCUT2D eigenvalue weighted by molar-refractivity contribution is 8.00. The molecule has 5 rings (SSSR count). The summed E-state index contributed by atoms with van der Waals surface area (Å²) in [6, 6.07) is 23.3. The van der Waals surface area contributed by atoms with Gasteiger partial charge < -0.3 is 9.73 Å². The number of thioether (sulfide) groups is 1. The Kier molecular flexibility index (Phi) is 7.77. The molecule has 0 bridgehead atoms. The lowest BCUT2D eigenvalue weighted by molar-refractivity contribution is 0.101. The summed E-state index contributed by atoms with van der Waals surface area (Å²) in [6.45, 7) is 3.46. The second-order valence-electron chi connectivity index (χ2n) is 9.22. The van der Waals surface area contributed by atoms with Gasteiger partial charge in [0, 0.05) is 16.6 Å². The molecule has 0 saturated heterocycles. The quantitative estimate of drug-likeness (QED) is 0.133. The average Bonchev–Trinajstić information content (AvgIpc) is 2.96. The molecule has 0 saturated carbocycles. The van der Waals surface area contributed by atoms with Crippen molar-refractivity contribution in [1.29, 1.82) is 5.26 Å². The number of para-hydroxylation sites is 2. The Balaban J connectivity index is 1.56. The number of nitrogens with one attached hydrogen (secondary N) is 1. The Morgan fingerprint density at radius 1 is 1.02 bits per heavy atom. The smallest absolute Gasteiger partial charge is 0.347 e. The maximum absolute atomic E-state index is 14.3. The third kappa shape index (κ3) is 5.64. The molecular weight excluding hydrogens is 541 g/mol. The normalized spacial score (nSPS) is 10.8. The molecule has 1 N–H and O–H groups in total. The van der Waals surface area contributed by atoms with Gasteiger partial charge in [-0.05, 0) is 55.3 Å². The van der Waals surface area contributed by atoms with Crippen LogP contribution in [0.1, 0.15) is 37.5 Å². The number of anilines is 1. The molecular formula is C32H22FN3O4S. The number of benzene rings is 3. The van der Waals surface area contributed by atoms with Crippen LogP contribution in [0.5, 0.6) is 0 Å². The summed E-state index contributed by atoms with van der Waals surface area (Å²) in [4.78, 5) is 43.6. The molecule has 3 aromatic carbocycles. The molecule has 0 atom stereocenters. The van der Waals surface area contributed by atoms with Crippen LogP contribution < -0.4 is 10.9 Å². The number of nitrogens with zero attached hydrogens (tertiary/aromatic N) is 2. The van der Waals surface area contributed by atoms with Crippen LogP contribution in [-0.2, 0) is 0 Å². The number of Topliss-reactive ketones (excluding diaryl/α,β-unsaturated/α-hetero) is 1. The molecule has 2 heterocycles. The van der Waals surface area contributed by atoms with E-state index in [1.54, 1.807) is 49.4 Å². The fraction of sp³-hybridized carbons (Fsp3) is 0.0938. The van der Waals surface area contributed by atoms with E-state index in [0.29, 0.717) is 22.2 Å². The van der Waals surface area contributed by atoms with Gasteiger partial charge in [0.1, 0.15) is 28.1 Å². The van der Waals surface area contributed by atoms with Crippen molar-refractivity contribution >= 4 is 40.1 Å². The number of hydrogen-bond acceptors (Lipinski definition) is 7. The maximum Gasteiger partial charge on any atom is 0.347 e. The Bertz CT molecular complexity index is 1940. The SMILES string of the molecule is Cc1ccccc1NC(=O)c1c(C)nc(SCC(=O)c2cc3ccccc3oc2=O)c(C#N)c1-c1cccc(F)c1. The van der Waals surface area contributed by atoms with E-state index in [0.717, 1.165) is 17.3 Å².